The van der Waals surface area contributed by atoms with Crippen molar-refractivity contribution in [1.29, 1.82) is 0 Å². The first-order chi connectivity index (χ1) is 11.6. The number of nitrogens with one attached hydrogen (secondary N) is 1. The molecule has 1 atom stereocenters. The number of aromatic nitrogens is 2. The van der Waals surface area contributed by atoms with Crippen molar-refractivity contribution >= 4 is 17.5 Å². The van der Waals surface area contributed by atoms with Gasteiger partial charge in [-0.2, -0.15) is 0 Å². The molecule has 1 N–H and O–H groups in total. The highest BCUT2D eigenvalue weighted by Gasteiger charge is 2.28. The van der Waals surface area contributed by atoms with Crippen molar-refractivity contribution in [1.82, 2.24) is 20.2 Å². The third kappa shape index (κ3) is 3.38. The van der Waals surface area contributed by atoms with Crippen LogP contribution in [-0.4, -0.2) is 54.0 Å². The monoisotopic (exact) mass is 325 g/mol. The van der Waals surface area contributed by atoms with Gasteiger partial charge in [-0.1, -0.05) is 18.2 Å². The fourth-order valence-corrected chi connectivity index (χ4v) is 2.93. The van der Waals surface area contributed by atoms with E-state index < -0.39 is 0 Å². The summed E-state index contributed by atoms with van der Waals surface area (Å²) < 4.78 is 0. The van der Waals surface area contributed by atoms with Gasteiger partial charge >= 0.3 is 0 Å². The molecular formula is C18H23N5O. The van der Waals surface area contributed by atoms with Crippen LogP contribution in [0.4, 0.5) is 11.6 Å². The van der Waals surface area contributed by atoms with E-state index in [1.165, 1.54) is 5.56 Å². The zero-order valence-electron chi connectivity index (χ0n) is 14.4. The maximum absolute atomic E-state index is 12.1. The van der Waals surface area contributed by atoms with Crippen LogP contribution in [0.15, 0.2) is 36.7 Å². The minimum Gasteiger partial charge on any atom is -0.351 e. The SMILES string of the molecule is CC1Cc2ccccc2N1c1ncc(C(=O)NCCN(C)C)cn1. The summed E-state index contributed by atoms with van der Waals surface area (Å²) in [6.45, 7) is 3.56. The summed E-state index contributed by atoms with van der Waals surface area (Å²) in [5.41, 5.74) is 2.94. The molecule has 6 heteroatoms. The van der Waals surface area contributed by atoms with Gasteiger partial charge in [0.05, 0.1) is 5.56 Å². The number of hydrogen-bond donors (Lipinski definition) is 1. The maximum Gasteiger partial charge on any atom is 0.254 e. The summed E-state index contributed by atoms with van der Waals surface area (Å²) in [4.78, 5) is 25.1. The van der Waals surface area contributed by atoms with Gasteiger partial charge in [-0.05, 0) is 39.1 Å². The van der Waals surface area contributed by atoms with Crippen LogP contribution < -0.4 is 10.2 Å². The van der Waals surface area contributed by atoms with E-state index in [-0.39, 0.29) is 5.91 Å². The van der Waals surface area contributed by atoms with Crippen molar-refractivity contribution < 1.29 is 4.79 Å². The average Bonchev–Trinajstić information content (AvgIpc) is 2.90. The summed E-state index contributed by atoms with van der Waals surface area (Å²) in [5, 5.41) is 2.87. The van der Waals surface area contributed by atoms with Gasteiger partial charge in [-0.25, -0.2) is 9.97 Å². The number of carbonyl (C=O) groups excluding carboxylic acids is 1. The quantitative estimate of drug-likeness (QED) is 0.909. The smallest absolute Gasteiger partial charge is 0.254 e. The zero-order chi connectivity index (χ0) is 17.1. The fraction of sp³-hybridized carbons (Fsp3) is 0.389. The maximum atomic E-state index is 12.1. The molecule has 0 saturated heterocycles. The molecule has 0 fully saturated rings. The van der Waals surface area contributed by atoms with E-state index in [1.54, 1.807) is 12.4 Å². The third-order valence-electron chi connectivity index (χ3n) is 4.17. The molecule has 1 aromatic carbocycles. The van der Waals surface area contributed by atoms with E-state index in [1.807, 2.05) is 25.1 Å². The number of nitrogens with zero attached hydrogens (tertiary/aromatic N) is 4. The second kappa shape index (κ2) is 6.97. The molecule has 0 saturated carbocycles. The van der Waals surface area contributed by atoms with E-state index in [0.29, 0.717) is 24.1 Å². The first kappa shape index (κ1) is 16.4. The van der Waals surface area contributed by atoms with Crippen LogP contribution in [0, 0.1) is 0 Å². The number of amides is 1. The highest BCUT2D eigenvalue weighted by Crippen LogP contribution is 2.35. The summed E-state index contributed by atoms with van der Waals surface area (Å²) in [6, 6.07) is 8.61. The summed E-state index contributed by atoms with van der Waals surface area (Å²) >= 11 is 0. The second-order valence-corrected chi connectivity index (χ2v) is 6.38. The van der Waals surface area contributed by atoms with Crippen molar-refractivity contribution in [2.45, 2.75) is 19.4 Å². The van der Waals surface area contributed by atoms with Crippen LogP contribution in [0.25, 0.3) is 0 Å². The topological polar surface area (TPSA) is 61.4 Å². The number of para-hydroxylation sites is 1. The van der Waals surface area contributed by atoms with Crippen LogP contribution in [0.1, 0.15) is 22.8 Å². The zero-order valence-corrected chi connectivity index (χ0v) is 14.4. The molecule has 0 aliphatic carbocycles. The van der Waals surface area contributed by atoms with E-state index in [2.05, 4.69) is 45.3 Å². The van der Waals surface area contributed by atoms with E-state index >= 15 is 0 Å². The number of likely N-dealkylation sites (N-methyl/N-ethyl adjacent to an activating group) is 1. The van der Waals surface area contributed by atoms with Gasteiger partial charge < -0.3 is 15.1 Å². The molecule has 0 radical (unpaired) electrons. The lowest BCUT2D eigenvalue weighted by Crippen LogP contribution is -2.31. The largest absolute Gasteiger partial charge is 0.351 e. The number of benzene rings is 1. The van der Waals surface area contributed by atoms with Gasteiger partial charge in [-0.15, -0.1) is 0 Å². The molecule has 1 aliphatic heterocycles. The molecule has 1 aliphatic rings. The van der Waals surface area contributed by atoms with Crippen LogP contribution in [0.3, 0.4) is 0 Å². The molecule has 0 bridgehead atoms. The Morgan fingerprint density at radius 2 is 2.00 bits per heavy atom. The molecular weight excluding hydrogens is 302 g/mol. The minimum absolute atomic E-state index is 0.140. The fourth-order valence-electron chi connectivity index (χ4n) is 2.93. The van der Waals surface area contributed by atoms with Crippen LogP contribution in [0.2, 0.25) is 0 Å². The molecule has 6 nitrogen and oxygen atoms in total. The number of hydrogen-bond acceptors (Lipinski definition) is 5. The van der Waals surface area contributed by atoms with E-state index in [0.717, 1.165) is 18.7 Å². The van der Waals surface area contributed by atoms with Crippen LogP contribution in [-0.2, 0) is 6.42 Å². The van der Waals surface area contributed by atoms with E-state index in [4.69, 9.17) is 0 Å². The Balaban J connectivity index is 1.72. The lowest BCUT2D eigenvalue weighted by Gasteiger charge is -2.22. The molecule has 24 heavy (non-hydrogen) atoms. The number of rotatable bonds is 5. The van der Waals surface area contributed by atoms with Crippen molar-refractivity contribution in [3.63, 3.8) is 0 Å². The van der Waals surface area contributed by atoms with Crippen molar-refractivity contribution in [3.05, 3.63) is 47.8 Å². The number of fused-ring (bicyclic) bond motifs is 1. The second-order valence-electron chi connectivity index (χ2n) is 6.38. The van der Waals surface area contributed by atoms with Gasteiger partial charge in [0.25, 0.3) is 5.91 Å². The first-order valence-corrected chi connectivity index (χ1v) is 8.18. The molecule has 1 amide bonds. The highest BCUT2D eigenvalue weighted by atomic mass is 16.1. The normalized spacial score (nSPS) is 16.3. The van der Waals surface area contributed by atoms with Crippen LogP contribution >= 0.6 is 0 Å². The lowest BCUT2D eigenvalue weighted by atomic mass is 10.1. The van der Waals surface area contributed by atoms with Crippen molar-refractivity contribution in [3.8, 4) is 0 Å². The Morgan fingerprint density at radius 3 is 2.71 bits per heavy atom. The van der Waals surface area contributed by atoms with Crippen molar-refractivity contribution in [2.75, 3.05) is 32.1 Å². The number of carbonyl (C=O) groups is 1. The Morgan fingerprint density at radius 1 is 1.29 bits per heavy atom. The predicted molar refractivity (Wildman–Crippen MR) is 94.7 cm³/mol. The van der Waals surface area contributed by atoms with Gasteiger partial charge in [0, 0.05) is 37.2 Å². The molecule has 1 unspecified atom stereocenters. The Hall–Kier alpha value is -2.47. The average molecular weight is 325 g/mol. The standard InChI is InChI=1S/C18H23N5O/c1-13-10-14-6-4-5-7-16(14)23(13)18-20-11-15(12-21-18)17(24)19-8-9-22(2)3/h4-7,11-13H,8-10H2,1-3H3,(H,19,24). The van der Waals surface area contributed by atoms with Gasteiger partial charge in [-0.3, -0.25) is 4.79 Å². The van der Waals surface area contributed by atoms with Gasteiger partial charge in [0.15, 0.2) is 0 Å². The molecule has 3 rings (SSSR count). The van der Waals surface area contributed by atoms with Crippen LogP contribution in [0.5, 0.6) is 0 Å². The highest BCUT2D eigenvalue weighted by molar-refractivity contribution is 5.93. The third-order valence-corrected chi connectivity index (χ3v) is 4.17. The van der Waals surface area contributed by atoms with E-state index in [9.17, 15) is 4.79 Å². The molecule has 126 valence electrons. The Bertz CT molecular complexity index is 714. The molecule has 0 spiro atoms. The molecule has 2 aromatic rings. The van der Waals surface area contributed by atoms with Crippen molar-refractivity contribution in [2.24, 2.45) is 0 Å². The minimum atomic E-state index is -0.140. The number of anilines is 2. The first-order valence-electron chi connectivity index (χ1n) is 8.18. The Kier molecular flexibility index (Phi) is 4.76. The molecule has 1 aromatic heterocycles. The van der Waals surface area contributed by atoms with Gasteiger partial charge in [0.1, 0.15) is 0 Å². The summed E-state index contributed by atoms with van der Waals surface area (Å²) in [7, 11) is 3.94. The predicted octanol–water partition coefficient (Wildman–Crippen LogP) is 1.85. The Labute approximate surface area is 142 Å². The lowest BCUT2D eigenvalue weighted by molar-refractivity contribution is 0.0950. The summed E-state index contributed by atoms with van der Waals surface area (Å²) in [6.07, 6.45) is 4.17. The van der Waals surface area contributed by atoms with Gasteiger partial charge in [0.2, 0.25) is 5.95 Å². The summed E-state index contributed by atoms with van der Waals surface area (Å²) in [5.74, 6) is 0.496. The molecule has 2 heterocycles.